The van der Waals surface area contributed by atoms with Gasteiger partial charge in [-0.2, -0.15) is 5.10 Å². The number of nitrogen functional groups attached to an aromatic ring is 1. The number of carbonyl (C=O) groups is 2. The van der Waals surface area contributed by atoms with Gasteiger partial charge in [-0.3, -0.25) is 19.2 Å². The molecule has 1 aliphatic rings. The molecule has 2 heterocycles. The van der Waals surface area contributed by atoms with Crippen molar-refractivity contribution in [2.45, 2.75) is 19.3 Å². The first-order chi connectivity index (χ1) is 10.0. The molecule has 0 saturated carbocycles. The number of carbonyl (C=O) groups excluding carboxylic acids is 2. The average molecular weight is 284 g/mol. The average Bonchev–Trinajstić information content (AvgIpc) is 2.88. The number of nitrogens with zero attached hydrogens (tertiary/aromatic N) is 3. The number of aromatic nitrogens is 2. The van der Waals surface area contributed by atoms with Crippen molar-refractivity contribution in [2.75, 3.05) is 10.6 Å². The van der Waals surface area contributed by atoms with Crippen molar-refractivity contribution in [3.05, 3.63) is 41.6 Å². The van der Waals surface area contributed by atoms with Crippen molar-refractivity contribution in [3.8, 4) is 0 Å². The van der Waals surface area contributed by atoms with E-state index in [0.29, 0.717) is 22.8 Å². The third-order valence-electron chi connectivity index (χ3n) is 3.82. The number of imide groups is 1. The molecule has 1 aliphatic heterocycles. The highest BCUT2D eigenvalue weighted by Gasteiger charge is 2.42. The Kier molecular flexibility index (Phi) is 3.01. The summed E-state index contributed by atoms with van der Waals surface area (Å²) in [6.45, 7) is 1.80. The number of nitrogens with two attached hydrogens (primary N) is 1. The zero-order valence-corrected chi connectivity index (χ0v) is 11.9. The third-order valence-corrected chi connectivity index (χ3v) is 3.82. The Labute approximate surface area is 122 Å². The van der Waals surface area contributed by atoms with Gasteiger partial charge in [-0.15, -0.1) is 0 Å². The van der Waals surface area contributed by atoms with Crippen molar-refractivity contribution in [3.63, 3.8) is 0 Å². The molecule has 2 N–H and O–H groups in total. The predicted molar refractivity (Wildman–Crippen MR) is 78.7 cm³/mol. The summed E-state index contributed by atoms with van der Waals surface area (Å²) in [6, 6.07) is 8.93. The van der Waals surface area contributed by atoms with Crippen molar-refractivity contribution in [1.82, 2.24) is 9.78 Å². The fourth-order valence-corrected chi connectivity index (χ4v) is 2.83. The molecule has 6 heteroatoms. The van der Waals surface area contributed by atoms with E-state index >= 15 is 0 Å². The molecular weight excluding hydrogens is 268 g/mol. The van der Waals surface area contributed by atoms with Gasteiger partial charge in [0.05, 0.1) is 17.3 Å². The molecule has 21 heavy (non-hydrogen) atoms. The Morgan fingerprint density at radius 1 is 1.24 bits per heavy atom. The number of hydrogen-bond acceptors (Lipinski definition) is 4. The molecular formula is C15H16N4O2. The lowest BCUT2D eigenvalue weighted by Crippen LogP contribution is -2.30. The Morgan fingerprint density at radius 3 is 2.48 bits per heavy atom. The van der Waals surface area contributed by atoms with Crippen molar-refractivity contribution < 1.29 is 9.59 Å². The van der Waals surface area contributed by atoms with Crippen LogP contribution in [0, 0.1) is 6.92 Å². The standard InChI is InChI=1S/C15H16N4O2/c1-9-13(14(16)18(2)17-9)11-8-12(20)19(15(11)21)10-6-4-3-5-7-10/h3-7,11H,8,16H2,1-2H3/t11-/m1/s1. The summed E-state index contributed by atoms with van der Waals surface area (Å²) in [7, 11) is 1.72. The van der Waals surface area contributed by atoms with Crippen LogP contribution in [0.1, 0.15) is 23.6 Å². The molecule has 1 fully saturated rings. The number of anilines is 2. The first-order valence-corrected chi connectivity index (χ1v) is 6.71. The molecule has 0 unspecified atom stereocenters. The molecule has 2 amide bonds. The fraction of sp³-hybridized carbons (Fsp3) is 0.267. The summed E-state index contributed by atoms with van der Waals surface area (Å²) in [4.78, 5) is 26.1. The van der Waals surface area contributed by atoms with Gasteiger partial charge in [-0.25, -0.2) is 0 Å². The number of rotatable bonds is 2. The van der Waals surface area contributed by atoms with E-state index in [-0.39, 0.29) is 18.2 Å². The van der Waals surface area contributed by atoms with Crippen LogP contribution in [0.3, 0.4) is 0 Å². The molecule has 1 aromatic carbocycles. The molecule has 108 valence electrons. The Bertz CT molecular complexity index is 721. The first-order valence-electron chi connectivity index (χ1n) is 6.71. The van der Waals surface area contributed by atoms with Crippen LogP contribution in [0.2, 0.25) is 0 Å². The van der Waals surface area contributed by atoms with Crippen molar-refractivity contribution in [1.29, 1.82) is 0 Å². The smallest absolute Gasteiger partial charge is 0.242 e. The van der Waals surface area contributed by atoms with E-state index in [9.17, 15) is 9.59 Å². The highest BCUT2D eigenvalue weighted by molar-refractivity contribution is 6.23. The zero-order chi connectivity index (χ0) is 15.1. The van der Waals surface area contributed by atoms with Gasteiger partial charge < -0.3 is 5.73 Å². The maximum atomic E-state index is 12.6. The third kappa shape index (κ3) is 1.99. The molecule has 1 saturated heterocycles. The highest BCUT2D eigenvalue weighted by atomic mass is 16.2. The lowest BCUT2D eigenvalue weighted by Gasteiger charge is -2.15. The monoisotopic (exact) mass is 284 g/mol. The van der Waals surface area contributed by atoms with Crippen LogP contribution >= 0.6 is 0 Å². The number of aryl methyl sites for hydroxylation is 2. The van der Waals surface area contributed by atoms with Gasteiger partial charge in [0.2, 0.25) is 11.8 Å². The number of hydrogen-bond donors (Lipinski definition) is 1. The van der Waals surface area contributed by atoms with Crippen LogP contribution in [0.15, 0.2) is 30.3 Å². The molecule has 1 aromatic heterocycles. The van der Waals surface area contributed by atoms with Gasteiger partial charge >= 0.3 is 0 Å². The van der Waals surface area contributed by atoms with E-state index in [2.05, 4.69) is 5.10 Å². The topological polar surface area (TPSA) is 81.2 Å². The Hall–Kier alpha value is -2.63. The van der Waals surface area contributed by atoms with Gasteiger partial charge in [0, 0.05) is 19.0 Å². The first kappa shape index (κ1) is 13.4. The number of benzene rings is 1. The van der Waals surface area contributed by atoms with Gasteiger partial charge in [-0.1, -0.05) is 18.2 Å². The van der Waals surface area contributed by atoms with Crippen LogP contribution in [0.25, 0.3) is 0 Å². The quantitative estimate of drug-likeness (QED) is 0.844. The van der Waals surface area contributed by atoms with Crippen LogP contribution < -0.4 is 10.6 Å². The summed E-state index contributed by atoms with van der Waals surface area (Å²) in [5.41, 5.74) is 7.94. The largest absolute Gasteiger partial charge is 0.384 e. The summed E-state index contributed by atoms with van der Waals surface area (Å²) in [5, 5.41) is 4.22. The fourth-order valence-electron chi connectivity index (χ4n) is 2.83. The van der Waals surface area contributed by atoms with E-state index in [0.717, 1.165) is 0 Å². The lowest BCUT2D eigenvalue weighted by molar-refractivity contribution is -0.121. The maximum absolute atomic E-state index is 12.6. The van der Waals surface area contributed by atoms with E-state index in [4.69, 9.17) is 5.73 Å². The van der Waals surface area contributed by atoms with Crippen molar-refractivity contribution in [2.24, 2.45) is 7.05 Å². The van der Waals surface area contributed by atoms with Crippen LogP contribution in [-0.4, -0.2) is 21.6 Å². The van der Waals surface area contributed by atoms with E-state index in [1.165, 1.54) is 9.58 Å². The number of para-hydroxylation sites is 1. The normalized spacial score (nSPS) is 18.6. The number of amides is 2. The van der Waals surface area contributed by atoms with Gasteiger partial charge in [0.15, 0.2) is 0 Å². The molecule has 6 nitrogen and oxygen atoms in total. The molecule has 3 rings (SSSR count). The predicted octanol–water partition coefficient (Wildman–Crippen LogP) is 1.36. The summed E-state index contributed by atoms with van der Waals surface area (Å²) in [6.07, 6.45) is 0.129. The van der Waals surface area contributed by atoms with Crippen LogP contribution in [0.4, 0.5) is 11.5 Å². The van der Waals surface area contributed by atoms with Gasteiger partial charge in [0.1, 0.15) is 5.82 Å². The summed E-state index contributed by atoms with van der Waals surface area (Å²) >= 11 is 0. The molecule has 0 aliphatic carbocycles. The highest BCUT2D eigenvalue weighted by Crippen LogP contribution is 2.36. The lowest BCUT2D eigenvalue weighted by atomic mass is 9.97. The minimum Gasteiger partial charge on any atom is -0.384 e. The molecule has 0 bridgehead atoms. The van der Waals surface area contributed by atoms with Gasteiger partial charge in [0.25, 0.3) is 0 Å². The Morgan fingerprint density at radius 2 is 1.90 bits per heavy atom. The Balaban J connectivity index is 2.01. The molecule has 1 atom stereocenters. The summed E-state index contributed by atoms with van der Waals surface area (Å²) in [5.74, 6) is -0.562. The summed E-state index contributed by atoms with van der Waals surface area (Å²) < 4.78 is 1.54. The molecule has 0 radical (unpaired) electrons. The van der Waals surface area contributed by atoms with Crippen LogP contribution in [0.5, 0.6) is 0 Å². The second kappa shape index (κ2) is 4.73. The van der Waals surface area contributed by atoms with Crippen molar-refractivity contribution >= 4 is 23.3 Å². The maximum Gasteiger partial charge on any atom is 0.242 e. The second-order valence-corrected chi connectivity index (χ2v) is 5.17. The van der Waals surface area contributed by atoms with E-state index < -0.39 is 5.92 Å². The minimum absolute atomic E-state index is 0.129. The van der Waals surface area contributed by atoms with Gasteiger partial charge in [-0.05, 0) is 19.1 Å². The van der Waals surface area contributed by atoms with E-state index in [1.54, 1.807) is 38.2 Å². The zero-order valence-electron chi connectivity index (χ0n) is 11.9. The molecule has 2 aromatic rings. The minimum atomic E-state index is -0.550. The second-order valence-electron chi connectivity index (χ2n) is 5.17. The SMILES string of the molecule is Cc1nn(C)c(N)c1[C@H]1CC(=O)N(c2ccccc2)C1=O. The van der Waals surface area contributed by atoms with Crippen LogP contribution in [-0.2, 0) is 16.6 Å². The van der Waals surface area contributed by atoms with E-state index in [1.807, 2.05) is 6.07 Å². The molecule has 0 spiro atoms.